The minimum Gasteiger partial charge on any atom is -0.304 e. The minimum absolute atomic E-state index is 0.795. The summed E-state index contributed by atoms with van der Waals surface area (Å²) in [5, 5.41) is 0. The summed E-state index contributed by atoms with van der Waals surface area (Å²) >= 11 is 0. The van der Waals surface area contributed by atoms with E-state index in [0.29, 0.717) is 0 Å². The fraction of sp³-hybridized carbons (Fsp3) is 0.875. The number of hydrogen-bond acceptors (Lipinski definition) is 2. The molecule has 104 valence electrons. The maximum Gasteiger partial charge on any atom is 0.00106 e. The first-order valence-corrected chi connectivity index (χ1v) is 7.79. The van der Waals surface area contributed by atoms with Crippen molar-refractivity contribution in [2.75, 3.05) is 39.3 Å². The molecule has 2 fully saturated rings. The zero-order valence-electron chi connectivity index (χ0n) is 12.3. The molecule has 0 radical (unpaired) electrons. The van der Waals surface area contributed by atoms with E-state index in [9.17, 15) is 0 Å². The van der Waals surface area contributed by atoms with Crippen LogP contribution in [0.2, 0.25) is 0 Å². The molecule has 0 atom stereocenters. The molecule has 2 heterocycles. The van der Waals surface area contributed by atoms with E-state index in [4.69, 9.17) is 0 Å². The summed E-state index contributed by atoms with van der Waals surface area (Å²) in [4.78, 5) is 5.29. The van der Waals surface area contributed by atoms with Gasteiger partial charge in [0.1, 0.15) is 0 Å². The second-order valence-electron chi connectivity index (χ2n) is 6.30. The van der Waals surface area contributed by atoms with Crippen LogP contribution in [0.5, 0.6) is 0 Å². The van der Waals surface area contributed by atoms with Crippen LogP contribution < -0.4 is 0 Å². The lowest BCUT2D eigenvalue weighted by Gasteiger charge is -2.37. The van der Waals surface area contributed by atoms with Crippen LogP contribution in [0, 0.1) is 11.8 Å². The first-order valence-electron chi connectivity index (χ1n) is 7.79. The van der Waals surface area contributed by atoms with Crippen molar-refractivity contribution >= 4 is 0 Å². The Bertz CT molecular complexity index is 258. The maximum absolute atomic E-state index is 4.11. The lowest BCUT2D eigenvalue weighted by molar-refractivity contribution is 0.125. The van der Waals surface area contributed by atoms with Crippen molar-refractivity contribution in [3.8, 4) is 0 Å². The van der Waals surface area contributed by atoms with Crippen molar-refractivity contribution in [2.24, 2.45) is 11.8 Å². The number of allylic oxidation sites excluding steroid dienone is 1. The SMILES string of the molecule is C=C(C)C1CCN(CC2CCN(CC)CC2)CC1. The van der Waals surface area contributed by atoms with Crippen molar-refractivity contribution < 1.29 is 0 Å². The van der Waals surface area contributed by atoms with E-state index >= 15 is 0 Å². The molecule has 2 aliphatic heterocycles. The molecule has 0 spiro atoms. The van der Waals surface area contributed by atoms with E-state index in [1.165, 1.54) is 70.5 Å². The third kappa shape index (κ3) is 3.83. The molecule has 2 nitrogen and oxygen atoms in total. The van der Waals surface area contributed by atoms with Crippen LogP contribution in [0.4, 0.5) is 0 Å². The van der Waals surface area contributed by atoms with Crippen LogP contribution in [-0.4, -0.2) is 49.1 Å². The molecule has 0 aliphatic carbocycles. The van der Waals surface area contributed by atoms with Gasteiger partial charge in [0.25, 0.3) is 0 Å². The molecule has 0 saturated carbocycles. The second kappa shape index (κ2) is 6.72. The van der Waals surface area contributed by atoms with Gasteiger partial charge in [0.15, 0.2) is 0 Å². The monoisotopic (exact) mass is 250 g/mol. The van der Waals surface area contributed by atoms with E-state index in [2.05, 4.69) is 30.2 Å². The molecule has 0 unspecified atom stereocenters. The van der Waals surface area contributed by atoms with Crippen LogP contribution in [0.3, 0.4) is 0 Å². The van der Waals surface area contributed by atoms with Gasteiger partial charge in [0.05, 0.1) is 0 Å². The minimum atomic E-state index is 0.795. The van der Waals surface area contributed by atoms with Crippen LogP contribution in [0.25, 0.3) is 0 Å². The van der Waals surface area contributed by atoms with Gasteiger partial charge in [-0.3, -0.25) is 0 Å². The van der Waals surface area contributed by atoms with Gasteiger partial charge in [-0.1, -0.05) is 19.1 Å². The molecule has 2 aliphatic rings. The molecule has 18 heavy (non-hydrogen) atoms. The van der Waals surface area contributed by atoms with Gasteiger partial charge in [-0.05, 0) is 77.2 Å². The van der Waals surface area contributed by atoms with Gasteiger partial charge < -0.3 is 9.80 Å². The summed E-state index contributed by atoms with van der Waals surface area (Å²) in [6.07, 6.45) is 5.49. The highest BCUT2D eigenvalue weighted by atomic mass is 15.1. The highest BCUT2D eigenvalue weighted by Gasteiger charge is 2.24. The Morgan fingerprint density at radius 1 is 1.00 bits per heavy atom. The number of nitrogens with zero attached hydrogens (tertiary/aromatic N) is 2. The van der Waals surface area contributed by atoms with Crippen molar-refractivity contribution in [2.45, 2.75) is 39.5 Å². The highest BCUT2D eigenvalue weighted by molar-refractivity contribution is 4.98. The predicted octanol–water partition coefficient (Wildman–Crippen LogP) is 3.01. The van der Waals surface area contributed by atoms with Crippen LogP contribution in [0.1, 0.15) is 39.5 Å². The normalized spacial score (nSPS) is 25.4. The quantitative estimate of drug-likeness (QED) is 0.708. The zero-order valence-corrected chi connectivity index (χ0v) is 12.3. The van der Waals surface area contributed by atoms with Crippen LogP contribution in [-0.2, 0) is 0 Å². The van der Waals surface area contributed by atoms with Crippen molar-refractivity contribution in [1.82, 2.24) is 9.80 Å². The van der Waals surface area contributed by atoms with E-state index in [1.807, 2.05) is 0 Å². The number of rotatable bonds is 4. The first kappa shape index (κ1) is 14.1. The standard InChI is InChI=1S/C16H30N2/c1-4-17-9-5-15(6-10-17)13-18-11-7-16(8-12-18)14(2)3/h15-16H,2,4-13H2,1,3H3. The molecule has 0 bridgehead atoms. The van der Waals surface area contributed by atoms with E-state index < -0.39 is 0 Å². The number of piperidine rings is 2. The molecule has 0 amide bonds. The number of likely N-dealkylation sites (tertiary alicyclic amines) is 2. The predicted molar refractivity (Wildman–Crippen MR) is 78.8 cm³/mol. The van der Waals surface area contributed by atoms with Crippen LogP contribution >= 0.6 is 0 Å². The van der Waals surface area contributed by atoms with Gasteiger partial charge in [-0.25, -0.2) is 0 Å². The van der Waals surface area contributed by atoms with Crippen molar-refractivity contribution in [3.63, 3.8) is 0 Å². The van der Waals surface area contributed by atoms with E-state index in [1.54, 1.807) is 0 Å². The lowest BCUT2D eigenvalue weighted by atomic mass is 9.89. The molecule has 2 heteroatoms. The molecule has 0 aromatic carbocycles. The first-order chi connectivity index (χ1) is 8.69. The molecule has 2 rings (SSSR count). The average molecular weight is 250 g/mol. The summed E-state index contributed by atoms with van der Waals surface area (Å²) in [6, 6.07) is 0. The van der Waals surface area contributed by atoms with Crippen molar-refractivity contribution in [3.05, 3.63) is 12.2 Å². The molecule has 0 aromatic heterocycles. The Hall–Kier alpha value is -0.340. The number of hydrogen-bond donors (Lipinski definition) is 0. The maximum atomic E-state index is 4.11. The van der Waals surface area contributed by atoms with Crippen LogP contribution in [0.15, 0.2) is 12.2 Å². The van der Waals surface area contributed by atoms with Gasteiger partial charge >= 0.3 is 0 Å². The van der Waals surface area contributed by atoms with Gasteiger partial charge in [-0.15, -0.1) is 0 Å². The van der Waals surface area contributed by atoms with E-state index in [0.717, 1.165) is 11.8 Å². The van der Waals surface area contributed by atoms with E-state index in [-0.39, 0.29) is 0 Å². The molecular formula is C16H30N2. The Morgan fingerprint density at radius 2 is 1.56 bits per heavy atom. The lowest BCUT2D eigenvalue weighted by Crippen LogP contribution is -2.41. The van der Waals surface area contributed by atoms with Gasteiger partial charge in [0.2, 0.25) is 0 Å². The summed E-state index contributed by atoms with van der Waals surface area (Å²) in [5.74, 6) is 1.75. The Kier molecular flexibility index (Phi) is 5.25. The smallest absolute Gasteiger partial charge is 0.00106 e. The summed E-state index contributed by atoms with van der Waals surface area (Å²) < 4.78 is 0. The second-order valence-corrected chi connectivity index (χ2v) is 6.30. The van der Waals surface area contributed by atoms with Gasteiger partial charge in [-0.2, -0.15) is 0 Å². The topological polar surface area (TPSA) is 6.48 Å². The molecule has 0 N–H and O–H groups in total. The Labute approximate surface area is 113 Å². The zero-order chi connectivity index (χ0) is 13.0. The molecular weight excluding hydrogens is 220 g/mol. The van der Waals surface area contributed by atoms with Gasteiger partial charge in [0, 0.05) is 6.54 Å². The third-order valence-corrected chi connectivity index (χ3v) is 4.96. The Balaban J connectivity index is 1.67. The fourth-order valence-electron chi connectivity index (χ4n) is 3.46. The molecule has 0 aromatic rings. The highest BCUT2D eigenvalue weighted by Crippen LogP contribution is 2.25. The summed E-state index contributed by atoms with van der Waals surface area (Å²) in [5.41, 5.74) is 1.39. The third-order valence-electron chi connectivity index (χ3n) is 4.96. The average Bonchev–Trinajstić information content (AvgIpc) is 2.40. The Morgan fingerprint density at radius 3 is 2.06 bits per heavy atom. The van der Waals surface area contributed by atoms with Crippen molar-refractivity contribution in [1.29, 1.82) is 0 Å². The fourth-order valence-corrected chi connectivity index (χ4v) is 3.46. The summed E-state index contributed by atoms with van der Waals surface area (Å²) in [6.45, 7) is 16.4. The largest absolute Gasteiger partial charge is 0.304 e. The summed E-state index contributed by atoms with van der Waals surface area (Å²) in [7, 11) is 0. The molecule has 2 saturated heterocycles.